The summed E-state index contributed by atoms with van der Waals surface area (Å²) in [6.45, 7) is 0. The van der Waals surface area contributed by atoms with Crippen molar-refractivity contribution in [3.8, 4) is 5.75 Å². The summed E-state index contributed by atoms with van der Waals surface area (Å²) < 4.78 is 30.1. The molecule has 0 heterocycles. The van der Waals surface area contributed by atoms with Gasteiger partial charge in [0.25, 0.3) is 0 Å². The number of hydrogen-bond donors (Lipinski definition) is 3. The molecule has 0 amide bonds. The van der Waals surface area contributed by atoms with Crippen molar-refractivity contribution in [1.29, 1.82) is 0 Å². The molecule has 1 atom stereocenters. The first kappa shape index (κ1) is 11.4. The number of anilines is 1. The monoisotopic (exact) mass is 277 g/mol. The second kappa shape index (κ2) is 5.24. The van der Waals surface area contributed by atoms with Crippen LogP contribution < -0.4 is 9.67 Å². The second-order valence-electron chi connectivity index (χ2n) is 2.44. The Kier molecular flexibility index (Phi) is 4.25. The van der Waals surface area contributed by atoms with Crippen molar-refractivity contribution in [2.45, 2.75) is 0 Å². The van der Waals surface area contributed by atoms with E-state index in [1.54, 1.807) is 6.07 Å². The van der Waals surface area contributed by atoms with Crippen molar-refractivity contribution >= 4 is 36.8 Å². The van der Waals surface area contributed by atoms with Crippen LogP contribution in [0.3, 0.4) is 0 Å². The molecule has 0 aromatic heterocycles. The number of phenolic OH excluding ortho intramolecular Hbond substituents is 1. The van der Waals surface area contributed by atoms with E-state index in [2.05, 4.69) is 5.32 Å². The Balaban J connectivity index is 2.83. The van der Waals surface area contributed by atoms with Gasteiger partial charge in [0.1, 0.15) is 0 Å². The van der Waals surface area contributed by atoms with Gasteiger partial charge in [0.05, 0.1) is 0 Å². The number of nitrogens with one attached hydrogen (secondary N) is 1. The second-order valence-corrected chi connectivity index (χ2v) is 4.83. The zero-order chi connectivity index (χ0) is 10.6. The minimum absolute atomic E-state index is 0.0335. The van der Waals surface area contributed by atoms with Gasteiger partial charge in [-0.1, -0.05) is 0 Å². The average molecular weight is 277 g/mol. The van der Waals surface area contributed by atoms with Crippen LogP contribution in [0.25, 0.3) is 0 Å². The maximum atomic E-state index is 10.6. The molecule has 0 bridgehead atoms. The van der Waals surface area contributed by atoms with Gasteiger partial charge in [-0.25, -0.2) is 0 Å². The van der Waals surface area contributed by atoms with E-state index in [0.29, 0.717) is 10.0 Å². The Morgan fingerprint density at radius 2 is 2.21 bits per heavy atom. The molecule has 0 radical (unpaired) electrons. The van der Waals surface area contributed by atoms with Gasteiger partial charge in [-0.15, -0.1) is 0 Å². The zero-order valence-corrected chi connectivity index (χ0v) is 9.70. The first-order valence-corrected chi connectivity index (χ1v) is 6.59. The Morgan fingerprint density at radius 1 is 1.50 bits per heavy atom. The van der Waals surface area contributed by atoms with Crippen LogP contribution in [0, 0.1) is 0 Å². The number of aromatic hydroxyl groups is 1. The van der Waals surface area contributed by atoms with Gasteiger partial charge in [0.15, 0.2) is 0 Å². The van der Waals surface area contributed by atoms with Gasteiger partial charge in [0.2, 0.25) is 0 Å². The Bertz CT molecular complexity index is 371. The van der Waals surface area contributed by atoms with Gasteiger partial charge >= 0.3 is 89.6 Å². The fourth-order valence-corrected chi connectivity index (χ4v) is 1.81. The summed E-state index contributed by atoms with van der Waals surface area (Å²) in [6, 6.07) is 4.43. The van der Waals surface area contributed by atoms with Crippen LogP contribution in [-0.2, 0) is 14.8 Å². The summed E-state index contributed by atoms with van der Waals surface area (Å²) in [6.07, 6.45) is 0. The van der Waals surface area contributed by atoms with E-state index in [1.807, 2.05) is 0 Å². The molecule has 14 heavy (non-hydrogen) atoms. The SMILES string of the molecule is O=[As]c1ccc(O)c(NCS(=O)O)c1. The maximum absolute atomic E-state index is 10.6. The van der Waals surface area contributed by atoms with Crippen LogP contribution in [0.2, 0.25) is 0 Å². The molecule has 1 unspecified atom stereocenters. The van der Waals surface area contributed by atoms with Gasteiger partial charge in [-0.3, -0.25) is 0 Å². The zero-order valence-electron chi connectivity index (χ0n) is 7.01. The minimum atomic E-state index is -1.98. The van der Waals surface area contributed by atoms with Crippen molar-refractivity contribution in [2.75, 3.05) is 11.2 Å². The van der Waals surface area contributed by atoms with Gasteiger partial charge in [-0.05, 0) is 0 Å². The molecular weight excluding hydrogens is 269 g/mol. The van der Waals surface area contributed by atoms with Gasteiger partial charge in [-0.2, -0.15) is 0 Å². The molecule has 3 N–H and O–H groups in total. The van der Waals surface area contributed by atoms with E-state index in [-0.39, 0.29) is 11.6 Å². The van der Waals surface area contributed by atoms with Crippen LogP contribution in [0.15, 0.2) is 18.2 Å². The summed E-state index contributed by atoms with van der Waals surface area (Å²) in [5.41, 5.74) is 0.316. The van der Waals surface area contributed by atoms with Crippen LogP contribution in [0.1, 0.15) is 0 Å². The van der Waals surface area contributed by atoms with Gasteiger partial charge in [0, 0.05) is 0 Å². The van der Waals surface area contributed by atoms with Crippen LogP contribution in [0.5, 0.6) is 5.75 Å². The third-order valence-electron chi connectivity index (χ3n) is 1.47. The molecule has 1 aromatic rings. The predicted molar refractivity (Wildman–Crippen MR) is 53.4 cm³/mol. The molecule has 0 fully saturated rings. The van der Waals surface area contributed by atoms with Crippen LogP contribution in [0.4, 0.5) is 5.69 Å². The summed E-state index contributed by atoms with van der Waals surface area (Å²) in [4.78, 5) is 0. The molecule has 76 valence electrons. The topological polar surface area (TPSA) is 86.6 Å². The van der Waals surface area contributed by atoms with Crippen molar-refractivity contribution in [3.05, 3.63) is 18.2 Å². The van der Waals surface area contributed by atoms with E-state index in [1.165, 1.54) is 12.1 Å². The number of hydrogen-bond acceptors (Lipinski definition) is 4. The molecule has 0 aliphatic carbocycles. The molecule has 0 aliphatic heterocycles. The van der Waals surface area contributed by atoms with E-state index in [4.69, 9.17) is 4.55 Å². The summed E-state index contributed by atoms with van der Waals surface area (Å²) in [5.74, 6) is -0.208. The predicted octanol–water partition coefficient (Wildman–Crippen LogP) is -0.342. The molecule has 1 aromatic carbocycles. The van der Waals surface area contributed by atoms with Gasteiger partial charge < -0.3 is 0 Å². The average Bonchev–Trinajstić information content (AvgIpc) is 2.16. The van der Waals surface area contributed by atoms with E-state index in [9.17, 15) is 13.1 Å². The molecule has 1 rings (SSSR count). The van der Waals surface area contributed by atoms with Crippen LogP contribution in [-0.4, -0.2) is 35.4 Å². The molecule has 0 aliphatic rings. The number of rotatable bonds is 4. The summed E-state index contributed by atoms with van der Waals surface area (Å²) in [5, 5.41) is 11.9. The number of phenols is 1. The quantitative estimate of drug-likeness (QED) is 0.398. The molecule has 0 spiro atoms. The molecular formula is C7H8AsNO4S. The molecule has 0 saturated carbocycles. The fourth-order valence-electron chi connectivity index (χ4n) is 0.862. The van der Waals surface area contributed by atoms with E-state index in [0.717, 1.165) is 0 Å². The Morgan fingerprint density at radius 3 is 2.79 bits per heavy atom. The molecule has 0 saturated heterocycles. The first-order valence-electron chi connectivity index (χ1n) is 3.61. The summed E-state index contributed by atoms with van der Waals surface area (Å²) in [7, 11) is 0. The third-order valence-corrected chi connectivity index (χ3v) is 2.89. The Hall–Kier alpha value is -0.712. The Labute approximate surface area is 89.7 Å². The van der Waals surface area contributed by atoms with Crippen molar-refractivity contribution in [3.63, 3.8) is 0 Å². The van der Waals surface area contributed by atoms with Crippen LogP contribution >= 0.6 is 0 Å². The number of benzene rings is 1. The van der Waals surface area contributed by atoms with E-state index >= 15 is 0 Å². The summed E-state index contributed by atoms with van der Waals surface area (Å²) >= 11 is -3.13. The van der Waals surface area contributed by atoms with E-state index < -0.39 is 26.8 Å². The van der Waals surface area contributed by atoms with Crippen molar-refractivity contribution in [1.82, 2.24) is 0 Å². The first-order chi connectivity index (χ1) is 6.63. The van der Waals surface area contributed by atoms with Crippen molar-refractivity contribution in [2.24, 2.45) is 0 Å². The molecule has 7 heteroatoms. The molecule has 5 nitrogen and oxygen atoms in total. The normalized spacial score (nSPS) is 12.6. The third kappa shape index (κ3) is 3.21. The standard InChI is InChI=1S/C7H8AsNO4S/c10-7-2-1-5(8-11)3-6(7)9-4-14(12)13/h1-3,9-10H,4H2,(H,12,13). The fraction of sp³-hybridized carbons (Fsp3) is 0.143. The van der Waals surface area contributed by atoms with Crippen molar-refractivity contribution < 1.29 is 17.6 Å².